The van der Waals surface area contributed by atoms with Crippen LogP contribution >= 0.6 is 11.6 Å². The van der Waals surface area contributed by atoms with Gasteiger partial charge in [0.2, 0.25) is 0 Å². The number of anilines is 1. The van der Waals surface area contributed by atoms with Gasteiger partial charge in [-0.1, -0.05) is 23.7 Å². The van der Waals surface area contributed by atoms with Crippen LogP contribution in [-0.2, 0) is 10.2 Å². The fourth-order valence-corrected chi connectivity index (χ4v) is 3.95. The normalized spacial score (nSPS) is 16.0. The van der Waals surface area contributed by atoms with Gasteiger partial charge in [0, 0.05) is 37.9 Å². The van der Waals surface area contributed by atoms with E-state index in [0.717, 1.165) is 18.6 Å². The number of methoxy groups -OCH3 is 1. The Balaban J connectivity index is 1.86. The van der Waals surface area contributed by atoms with Gasteiger partial charge in [0.15, 0.2) is 0 Å². The average molecular weight is 389 g/mol. The van der Waals surface area contributed by atoms with Crippen molar-refractivity contribution in [3.63, 3.8) is 0 Å². The van der Waals surface area contributed by atoms with Crippen molar-refractivity contribution < 1.29 is 14.3 Å². The lowest BCUT2D eigenvalue weighted by molar-refractivity contribution is 0.0345. The number of halogens is 1. The molecule has 1 amide bonds. The second-order valence-electron chi connectivity index (χ2n) is 7.02. The summed E-state index contributed by atoms with van der Waals surface area (Å²) >= 11 is 6.23. The van der Waals surface area contributed by atoms with Gasteiger partial charge in [-0.05, 0) is 48.7 Å². The van der Waals surface area contributed by atoms with Crippen molar-refractivity contribution >= 4 is 23.2 Å². The lowest BCUT2D eigenvalue weighted by Crippen LogP contribution is -2.45. The van der Waals surface area contributed by atoms with Gasteiger partial charge in [0.05, 0.1) is 17.7 Å². The van der Waals surface area contributed by atoms with Crippen LogP contribution in [0.5, 0.6) is 5.75 Å². The van der Waals surface area contributed by atoms with Crippen LogP contribution in [-0.4, -0.2) is 44.7 Å². The number of nitrogens with zero attached hydrogens (tertiary/aromatic N) is 1. The highest BCUT2D eigenvalue weighted by Crippen LogP contribution is 2.37. The molecule has 2 N–H and O–H groups in total. The highest BCUT2D eigenvalue weighted by atomic mass is 35.5. The Morgan fingerprint density at radius 3 is 2.48 bits per heavy atom. The Morgan fingerprint density at radius 1 is 1.22 bits per heavy atom. The molecule has 0 aromatic heterocycles. The minimum atomic E-state index is -0.158. The number of carbonyl (C=O) groups is 1. The number of rotatable bonds is 5. The molecule has 0 bridgehead atoms. The highest BCUT2D eigenvalue weighted by molar-refractivity contribution is 6.34. The highest BCUT2D eigenvalue weighted by Gasteiger charge is 2.37. The molecule has 5 nitrogen and oxygen atoms in total. The Bertz CT molecular complexity index is 802. The second-order valence-corrected chi connectivity index (χ2v) is 7.43. The molecule has 2 aromatic carbocycles. The molecule has 1 aliphatic heterocycles. The summed E-state index contributed by atoms with van der Waals surface area (Å²) in [6, 6.07) is 13.1. The number of ether oxygens (including phenoxy) is 2. The van der Waals surface area contributed by atoms with Crippen molar-refractivity contribution in [1.29, 1.82) is 0 Å². The molecule has 0 radical (unpaired) electrons. The fraction of sp³-hybridized carbons (Fsp3) is 0.381. The summed E-state index contributed by atoms with van der Waals surface area (Å²) < 4.78 is 10.9. The standard InChI is InChI=1S/C21H25ClN2O3/c1-24(20(25)18-8-5-16(23)13-19(18)22)14-21(9-11-27-12-10-21)15-3-6-17(26-2)7-4-15/h3-8,13H,9-12,14,23H2,1-2H3. The van der Waals surface area contributed by atoms with Crippen LogP contribution in [0.15, 0.2) is 42.5 Å². The SMILES string of the molecule is COc1ccc(C2(CN(C)C(=O)c3ccc(N)cc3Cl)CCOCC2)cc1. The van der Waals surface area contributed by atoms with E-state index >= 15 is 0 Å². The Morgan fingerprint density at radius 2 is 1.89 bits per heavy atom. The van der Waals surface area contributed by atoms with Gasteiger partial charge in [-0.2, -0.15) is 0 Å². The molecular weight excluding hydrogens is 364 g/mol. The number of hydrogen-bond donors (Lipinski definition) is 1. The van der Waals surface area contributed by atoms with E-state index in [2.05, 4.69) is 12.1 Å². The monoisotopic (exact) mass is 388 g/mol. The summed E-state index contributed by atoms with van der Waals surface area (Å²) in [4.78, 5) is 14.7. The van der Waals surface area contributed by atoms with Crippen molar-refractivity contribution in [3.05, 3.63) is 58.6 Å². The van der Waals surface area contributed by atoms with Crippen molar-refractivity contribution in [1.82, 2.24) is 4.90 Å². The number of hydrogen-bond acceptors (Lipinski definition) is 4. The maximum absolute atomic E-state index is 13.0. The van der Waals surface area contributed by atoms with Gasteiger partial charge in [-0.15, -0.1) is 0 Å². The van der Waals surface area contributed by atoms with Crippen LogP contribution in [0.2, 0.25) is 5.02 Å². The third kappa shape index (κ3) is 4.20. The summed E-state index contributed by atoms with van der Waals surface area (Å²) in [6.07, 6.45) is 1.71. The first kappa shape index (κ1) is 19.5. The summed E-state index contributed by atoms with van der Waals surface area (Å²) in [5.41, 5.74) is 7.78. The quantitative estimate of drug-likeness (QED) is 0.792. The zero-order valence-electron chi connectivity index (χ0n) is 15.7. The minimum absolute atomic E-state index is 0.112. The van der Waals surface area contributed by atoms with E-state index in [1.165, 1.54) is 5.56 Å². The van der Waals surface area contributed by atoms with E-state index in [1.54, 1.807) is 30.2 Å². The predicted octanol–water partition coefficient (Wildman–Crippen LogP) is 3.75. The van der Waals surface area contributed by atoms with Crippen molar-refractivity contribution in [3.8, 4) is 5.75 Å². The van der Waals surface area contributed by atoms with Crippen LogP contribution in [0.4, 0.5) is 5.69 Å². The molecule has 0 saturated carbocycles. The smallest absolute Gasteiger partial charge is 0.255 e. The van der Waals surface area contributed by atoms with Gasteiger partial charge >= 0.3 is 0 Å². The molecule has 0 spiro atoms. The molecule has 1 saturated heterocycles. The maximum atomic E-state index is 13.0. The molecule has 1 fully saturated rings. The van der Waals surface area contributed by atoms with Crippen molar-refractivity contribution in [2.75, 3.05) is 39.6 Å². The number of likely N-dealkylation sites (N-methyl/N-ethyl adjacent to an activating group) is 1. The number of nitrogens with two attached hydrogens (primary N) is 1. The van der Waals surface area contributed by atoms with E-state index in [9.17, 15) is 4.79 Å². The summed E-state index contributed by atoms with van der Waals surface area (Å²) in [5.74, 6) is 0.707. The van der Waals surface area contributed by atoms with Crippen LogP contribution < -0.4 is 10.5 Å². The first-order valence-corrected chi connectivity index (χ1v) is 9.36. The van der Waals surface area contributed by atoms with Crippen LogP contribution in [0.1, 0.15) is 28.8 Å². The largest absolute Gasteiger partial charge is 0.497 e. The van der Waals surface area contributed by atoms with Gasteiger partial charge in [0.25, 0.3) is 5.91 Å². The number of nitrogen functional groups attached to an aromatic ring is 1. The first-order valence-electron chi connectivity index (χ1n) is 8.98. The zero-order valence-corrected chi connectivity index (χ0v) is 16.5. The third-order valence-corrected chi connectivity index (χ3v) is 5.58. The summed E-state index contributed by atoms with van der Waals surface area (Å²) in [7, 11) is 3.47. The average Bonchev–Trinajstić information content (AvgIpc) is 2.68. The summed E-state index contributed by atoms with van der Waals surface area (Å²) in [5, 5.41) is 0.373. The maximum Gasteiger partial charge on any atom is 0.255 e. The number of carbonyl (C=O) groups excluding carboxylic acids is 1. The molecule has 1 aliphatic rings. The molecular formula is C21H25ClN2O3. The number of amides is 1. The van der Waals surface area contributed by atoms with Crippen molar-refractivity contribution in [2.24, 2.45) is 0 Å². The van der Waals surface area contributed by atoms with Crippen LogP contribution in [0, 0.1) is 0 Å². The van der Waals surface area contributed by atoms with E-state index in [0.29, 0.717) is 36.0 Å². The van der Waals surface area contributed by atoms with E-state index in [1.807, 2.05) is 19.2 Å². The van der Waals surface area contributed by atoms with Gasteiger partial charge in [-0.25, -0.2) is 0 Å². The molecule has 6 heteroatoms. The van der Waals surface area contributed by atoms with E-state index < -0.39 is 0 Å². The van der Waals surface area contributed by atoms with Gasteiger partial charge in [-0.3, -0.25) is 4.79 Å². The van der Waals surface area contributed by atoms with Gasteiger partial charge < -0.3 is 20.1 Å². The third-order valence-electron chi connectivity index (χ3n) is 5.26. The Kier molecular flexibility index (Phi) is 5.92. The zero-order chi connectivity index (χ0) is 19.4. The topological polar surface area (TPSA) is 64.8 Å². The number of benzene rings is 2. The molecule has 144 valence electrons. The van der Waals surface area contributed by atoms with Crippen molar-refractivity contribution in [2.45, 2.75) is 18.3 Å². The second kappa shape index (κ2) is 8.19. The molecule has 0 unspecified atom stereocenters. The lowest BCUT2D eigenvalue weighted by atomic mass is 9.73. The molecule has 1 heterocycles. The lowest BCUT2D eigenvalue weighted by Gasteiger charge is -2.40. The van der Waals surface area contributed by atoms with Crippen LogP contribution in [0.25, 0.3) is 0 Å². The van der Waals surface area contributed by atoms with E-state index in [4.69, 9.17) is 26.8 Å². The molecule has 27 heavy (non-hydrogen) atoms. The molecule has 2 aromatic rings. The Hall–Kier alpha value is -2.24. The van der Waals surface area contributed by atoms with E-state index in [-0.39, 0.29) is 11.3 Å². The molecule has 0 aliphatic carbocycles. The fourth-order valence-electron chi connectivity index (χ4n) is 3.68. The predicted molar refractivity (Wildman–Crippen MR) is 108 cm³/mol. The Labute approximate surface area is 165 Å². The van der Waals surface area contributed by atoms with Gasteiger partial charge in [0.1, 0.15) is 5.75 Å². The molecule has 0 atom stereocenters. The molecule has 3 rings (SSSR count). The van der Waals surface area contributed by atoms with Crippen LogP contribution in [0.3, 0.4) is 0 Å². The first-order chi connectivity index (χ1) is 12.9. The minimum Gasteiger partial charge on any atom is -0.497 e. The summed E-state index contributed by atoms with van der Waals surface area (Å²) in [6.45, 7) is 1.94.